The number of piperidine rings is 1. The molecule has 1 aromatic carbocycles. The third-order valence-electron chi connectivity index (χ3n) is 4.85. The molecular formula is C17H16Cl2N2O. The number of nitrogens with zero attached hydrogens (tertiary/aromatic N) is 2. The normalized spacial score (nSPS) is 19.1. The minimum absolute atomic E-state index is 0.149. The Labute approximate surface area is 139 Å². The first-order valence-corrected chi connectivity index (χ1v) is 8.22. The minimum atomic E-state index is 0.149. The molecule has 0 atom stereocenters. The molecule has 0 saturated carbocycles. The quantitative estimate of drug-likeness (QED) is 0.726. The van der Waals surface area contributed by atoms with Gasteiger partial charge in [0, 0.05) is 30.3 Å². The van der Waals surface area contributed by atoms with Gasteiger partial charge in [-0.05, 0) is 25.0 Å². The van der Waals surface area contributed by atoms with E-state index in [1.807, 2.05) is 12.1 Å². The first-order valence-electron chi connectivity index (χ1n) is 7.47. The van der Waals surface area contributed by atoms with Crippen LogP contribution in [-0.2, 0) is 5.41 Å². The van der Waals surface area contributed by atoms with E-state index in [0.717, 1.165) is 44.0 Å². The van der Waals surface area contributed by atoms with Gasteiger partial charge in [-0.25, -0.2) is 4.98 Å². The summed E-state index contributed by atoms with van der Waals surface area (Å²) in [4.78, 5) is 6.32. The maximum Gasteiger partial charge on any atom is 0.149 e. The van der Waals surface area contributed by atoms with Crippen LogP contribution in [0.3, 0.4) is 0 Å². The molecule has 2 aliphatic rings. The first kappa shape index (κ1) is 14.2. The number of aromatic nitrogens is 1. The van der Waals surface area contributed by atoms with Gasteiger partial charge in [-0.15, -0.1) is 0 Å². The van der Waals surface area contributed by atoms with Crippen LogP contribution in [0.4, 0.5) is 5.69 Å². The van der Waals surface area contributed by atoms with E-state index < -0.39 is 0 Å². The monoisotopic (exact) mass is 334 g/mol. The van der Waals surface area contributed by atoms with Gasteiger partial charge in [0.15, 0.2) is 0 Å². The molecule has 1 aromatic heterocycles. The zero-order valence-corrected chi connectivity index (χ0v) is 13.6. The second kappa shape index (κ2) is 5.32. The summed E-state index contributed by atoms with van der Waals surface area (Å²) in [6.45, 7) is 2.67. The lowest BCUT2D eigenvalue weighted by Gasteiger charge is -2.39. The van der Waals surface area contributed by atoms with Crippen molar-refractivity contribution in [3.63, 3.8) is 0 Å². The number of rotatable bonds is 1. The van der Waals surface area contributed by atoms with Gasteiger partial charge in [0.25, 0.3) is 0 Å². The Balaban J connectivity index is 1.58. The number of hydrogen-bond donors (Lipinski definition) is 0. The van der Waals surface area contributed by atoms with Crippen molar-refractivity contribution in [1.29, 1.82) is 0 Å². The summed E-state index contributed by atoms with van der Waals surface area (Å²) in [5, 5.41) is 0.914. The molecule has 2 aliphatic heterocycles. The molecule has 114 valence electrons. The van der Waals surface area contributed by atoms with Crippen LogP contribution < -0.4 is 9.64 Å². The molecule has 1 spiro atoms. The zero-order chi connectivity index (χ0) is 15.2. The van der Waals surface area contributed by atoms with Crippen LogP contribution in [0.1, 0.15) is 18.4 Å². The highest BCUT2D eigenvalue weighted by Crippen LogP contribution is 2.46. The smallest absolute Gasteiger partial charge is 0.149 e. The average molecular weight is 335 g/mol. The van der Waals surface area contributed by atoms with Crippen LogP contribution >= 0.6 is 23.2 Å². The molecule has 0 amide bonds. The number of halogens is 2. The molecule has 1 saturated heterocycles. The maximum absolute atomic E-state index is 6.30. The third kappa shape index (κ3) is 2.15. The fourth-order valence-corrected chi connectivity index (χ4v) is 3.95. The second-order valence-electron chi connectivity index (χ2n) is 5.99. The lowest BCUT2D eigenvalue weighted by molar-refractivity contribution is 0.230. The predicted molar refractivity (Wildman–Crippen MR) is 89.3 cm³/mol. The molecular weight excluding hydrogens is 319 g/mol. The highest BCUT2D eigenvalue weighted by molar-refractivity contribution is 6.42. The predicted octanol–water partition coefficient (Wildman–Crippen LogP) is 4.32. The van der Waals surface area contributed by atoms with E-state index in [0.29, 0.717) is 10.2 Å². The highest BCUT2D eigenvalue weighted by Gasteiger charge is 2.43. The lowest BCUT2D eigenvalue weighted by Crippen LogP contribution is -2.43. The summed E-state index contributed by atoms with van der Waals surface area (Å²) in [6.07, 6.45) is 3.82. The van der Waals surface area contributed by atoms with Crippen molar-refractivity contribution in [2.45, 2.75) is 18.3 Å². The fourth-order valence-electron chi connectivity index (χ4n) is 3.57. The zero-order valence-electron chi connectivity index (χ0n) is 12.1. The molecule has 3 nitrogen and oxygen atoms in total. The van der Waals surface area contributed by atoms with Gasteiger partial charge in [-0.2, -0.15) is 0 Å². The Hall–Kier alpha value is -1.45. The Bertz CT molecular complexity index is 712. The van der Waals surface area contributed by atoms with Crippen LogP contribution in [0.25, 0.3) is 0 Å². The summed E-state index contributed by atoms with van der Waals surface area (Å²) in [7, 11) is 0. The van der Waals surface area contributed by atoms with Gasteiger partial charge in [-0.3, -0.25) is 0 Å². The molecule has 2 aromatic rings. The van der Waals surface area contributed by atoms with Gasteiger partial charge >= 0.3 is 0 Å². The van der Waals surface area contributed by atoms with E-state index in [9.17, 15) is 0 Å². The summed E-state index contributed by atoms with van der Waals surface area (Å²) in [5.74, 6) is 1.04. The highest BCUT2D eigenvalue weighted by atomic mass is 35.5. The van der Waals surface area contributed by atoms with Crippen molar-refractivity contribution in [2.24, 2.45) is 0 Å². The van der Waals surface area contributed by atoms with Crippen molar-refractivity contribution >= 4 is 28.9 Å². The largest absolute Gasteiger partial charge is 0.492 e. The number of anilines is 1. The van der Waals surface area contributed by atoms with Crippen LogP contribution in [-0.4, -0.2) is 24.7 Å². The Morgan fingerprint density at radius 1 is 1.09 bits per heavy atom. The Morgan fingerprint density at radius 2 is 1.86 bits per heavy atom. The van der Waals surface area contributed by atoms with Gasteiger partial charge < -0.3 is 9.64 Å². The first-order chi connectivity index (χ1) is 10.7. The summed E-state index contributed by atoms with van der Waals surface area (Å²) < 4.78 is 5.90. The summed E-state index contributed by atoms with van der Waals surface area (Å²) >= 11 is 12.3. The molecule has 0 unspecified atom stereocenters. The van der Waals surface area contributed by atoms with E-state index in [2.05, 4.69) is 28.1 Å². The summed E-state index contributed by atoms with van der Waals surface area (Å²) in [5.41, 5.74) is 2.48. The molecule has 0 bridgehead atoms. The number of fused-ring (bicyclic) bond motifs is 2. The third-order valence-corrected chi connectivity index (χ3v) is 5.61. The van der Waals surface area contributed by atoms with Crippen molar-refractivity contribution < 1.29 is 4.74 Å². The van der Waals surface area contributed by atoms with Crippen LogP contribution in [0.5, 0.6) is 5.75 Å². The number of benzene rings is 1. The van der Waals surface area contributed by atoms with Crippen molar-refractivity contribution in [3.05, 3.63) is 52.3 Å². The van der Waals surface area contributed by atoms with Gasteiger partial charge in [0.2, 0.25) is 0 Å². The molecule has 0 aliphatic carbocycles. The standard InChI is InChI=1S/C17H16Cl2N2O/c18-15-13(5-8-20-16(15)19)21-9-6-17(7-10-21)11-22-14-4-2-1-3-12(14)17/h1-5,8H,6-7,9-11H2. The molecule has 1 fully saturated rings. The molecule has 5 heteroatoms. The average Bonchev–Trinajstić information content (AvgIpc) is 2.90. The van der Waals surface area contributed by atoms with Crippen molar-refractivity contribution in [1.82, 2.24) is 4.98 Å². The Kier molecular flexibility index (Phi) is 3.43. The van der Waals surface area contributed by atoms with E-state index >= 15 is 0 Å². The number of para-hydroxylation sites is 1. The fraction of sp³-hybridized carbons (Fsp3) is 0.353. The number of hydrogen-bond acceptors (Lipinski definition) is 3. The lowest BCUT2D eigenvalue weighted by atomic mass is 9.74. The SMILES string of the molecule is Clc1nccc(N2CCC3(CC2)COc2ccccc23)c1Cl. The van der Waals surface area contributed by atoms with Crippen LogP contribution in [0.15, 0.2) is 36.5 Å². The molecule has 0 radical (unpaired) electrons. The Morgan fingerprint density at radius 3 is 2.68 bits per heavy atom. The minimum Gasteiger partial charge on any atom is -0.492 e. The van der Waals surface area contributed by atoms with Crippen molar-refractivity contribution in [2.75, 3.05) is 24.6 Å². The van der Waals surface area contributed by atoms with Crippen LogP contribution in [0.2, 0.25) is 10.2 Å². The van der Waals surface area contributed by atoms with Crippen LogP contribution in [0, 0.1) is 0 Å². The van der Waals surface area contributed by atoms with Gasteiger partial charge in [0.05, 0.1) is 12.3 Å². The second-order valence-corrected chi connectivity index (χ2v) is 6.72. The van der Waals surface area contributed by atoms with E-state index in [1.165, 1.54) is 5.56 Å². The maximum atomic E-state index is 6.30. The summed E-state index contributed by atoms with van der Waals surface area (Å²) in [6, 6.07) is 10.3. The molecule has 3 heterocycles. The molecule has 22 heavy (non-hydrogen) atoms. The van der Waals surface area contributed by atoms with Crippen molar-refractivity contribution in [3.8, 4) is 5.75 Å². The van der Waals surface area contributed by atoms with E-state index in [-0.39, 0.29) is 5.41 Å². The van der Waals surface area contributed by atoms with E-state index in [1.54, 1.807) is 6.20 Å². The molecule has 0 N–H and O–H groups in total. The topological polar surface area (TPSA) is 25.4 Å². The van der Waals surface area contributed by atoms with Gasteiger partial charge in [-0.1, -0.05) is 41.4 Å². The van der Waals surface area contributed by atoms with E-state index in [4.69, 9.17) is 27.9 Å². The number of pyridine rings is 1. The molecule has 4 rings (SSSR count). The van der Waals surface area contributed by atoms with Gasteiger partial charge in [0.1, 0.15) is 15.9 Å². The number of ether oxygens (including phenoxy) is 1.